The number of rotatable bonds is 6. The van der Waals surface area contributed by atoms with Crippen molar-refractivity contribution in [2.24, 2.45) is 0 Å². The van der Waals surface area contributed by atoms with E-state index in [2.05, 4.69) is 31.5 Å². The highest BCUT2D eigenvalue weighted by Crippen LogP contribution is 2.33. The normalized spacial score (nSPS) is 20.6. The molecule has 2 aliphatic heterocycles. The summed E-state index contributed by atoms with van der Waals surface area (Å²) < 4.78 is 11.7. The molecule has 0 saturated carbocycles. The number of ether oxygens (including phenoxy) is 1. The number of morpholine rings is 1. The van der Waals surface area contributed by atoms with Gasteiger partial charge in [0, 0.05) is 26.2 Å². The van der Waals surface area contributed by atoms with E-state index >= 15 is 0 Å². The van der Waals surface area contributed by atoms with Gasteiger partial charge in [-0.05, 0) is 65.0 Å². The molecule has 8 heteroatoms. The SMILES string of the molecule is O=CC(c1ccc(N2CCCCC2)c(NC(=O)c2ccc(Br)o2)c1)C1CNCCO1. The van der Waals surface area contributed by atoms with Gasteiger partial charge in [0.05, 0.1) is 30.0 Å². The lowest BCUT2D eigenvalue weighted by Crippen LogP contribution is -2.42. The molecule has 1 amide bonds. The molecule has 1 aromatic heterocycles. The van der Waals surface area contributed by atoms with Crippen LogP contribution in [0.2, 0.25) is 0 Å². The summed E-state index contributed by atoms with van der Waals surface area (Å²) in [5.74, 6) is -0.500. The number of nitrogens with zero attached hydrogens (tertiary/aromatic N) is 1. The molecule has 2 N–H and O–H groups in total. The van der Waals surface area contributed by atoms with Crippen LogP contribution in [0.25, 0.3) is 0 Å². The molecular formula is C22H26BrN3O4. The molecule has 30 heavy (non-hydrogen) atoms. The van der Waals surface area contributed by atoms with Gasteiger partial charge in [-0.1, -0.05) is 6.07 Å². The first kappa shape index (κ1) is 21.1. The van der Waals surface area contributed by atoms with E-state index in [4.69, 9.17) is 9.15 Å². The van der Waals surface area contributed by atoms with Crippen molar-refractivity contribution in [1.82, 2.24) is 5.32 Å². The standard InChI is InChI=1S/C22H26BrN3O4/c23-21-7-6-19(30-21)22(28)25-17-12-15(16(14-27)20-13-24-8-11-29-20)4-5-18(17)26-9-2-1-3-10-26/h4-7,12,14,16,20,24H,1-3,8-11,13H2,(H,25,28). The molecule has 2 aromatic rings. The molecule has 2 atom stereocenters. The molecule has 0 aliphatic carbocycles. The van der Waals surface area contributed by atoms with Crippen molar-refractivity contribution in [2.45, 2.75) is 31.3 Å². The van der Waals surface area contributed by atoms with Gasteiger partial charge in [0.25, 0.3) is 5.91 Å². The Hall–Kier alpha value is -2.16. The average Bonchev–Trinajstić information content (AvgIpc) is 3.22. The fourth-order valence-electron chi connectivity index (χ4n) is 4.09. The van der Waals surface area contributed by atoms with Gasteiger partial charge in [0.2, 0.25) is 0 Å². The monoisotopic (exact) mass is 475 g/mol. The number of carbonyl (C=O) groups is 2. The fourth-order valence-corrected chi connectivity index (χ4v) is 4.40. The van der Waals surface area contributed by atoms with E-state index in [-0.39, 0.29) is 17.8 Å². The minimum absolute atomic E-state index is 0.221. The van der Waals surface area contributed by atoms with Gasteiger partial charge < -0.3 is 29.5 Å². The molecule has 0 spiro atoms. The van der Waals surface area contributed by atoms with E-state index in [1.54, 1.807) is 12.1 Å². The molecule has 7 nitrogen and oxygen atoms in total. The Bertz CT molecular complexity index is 888. The Kier molecular flexibility index (Phi) is 6.86. The maximum Gasteiger partial charge on any atom is 0.291 e. The second-order valence-electron chi connectivity index (χ2n) is 7.66. The van der Waals surface area contributed by atoms with Crippen LogP contribution in [0.5, 0.6) is 0 Å². The van der Waals surface area contributed by atoms with E-state index in [1.807, 2.05) is 18.2 Å². The summed E-state index contributed by atoms with van der Waals surface area (Å²) in [5, 5.41) is 6.27. The summed E-state index contributed by atoms with van der Waals surface area (Å²) in [7, 11) is 0. The maximum atomic E-state index is 12.8. The van der Waals surface area contributed by atoms with Crippen LogP contribution in [0.1, 0.15) is 41.3 Å². The highest BCUT2D eigenvalue weighted by molar-refractivity contribution is 9.10. The van der Waals surface area contributed by atoms with Crippen molar-refractivity contribution < 1.29 is 18.7 Å². The van der Waals surface area contributed by atoms with Gasteiger partial charge >= 0.3 is 0 Å². The second kappa shape index (κ2) is 9.76. The highest BCUT2D eigenvalue weighted by atomic mass is 79.9. The molecule has 4 rings (SSSR count). The van der Waals surface area contributed by atoms with Crippen LogP contribution >= 0.6 is 15.9 Å². The van der Waals surface area contributed by atoms with Gasteiger partial charge in [-0.25, -0.2) is 0 Å². The first-order chi connectivity index (χ1) is 14.7. The van der Waals surface area contributed by atoms with Crippen LogP contribution in [0.4, 0.5) is 11.4 Å². The first-order valence-electron chi connectivity index (χ1n) is 10.4. The third-order valence-corrected chi connectivity index (χ3v) is 6.08. The van der Waals surface area contributed by atoms with Gasteiger partial charge in [-0.3, -0.25) is 4.79 Å². The molecule has 2 aliphatic rings. The van der Waals surface area contributed by atoms with E-state index in [1.165, 1.54) is 6.42 Å². The van der Waals surface area contributed by atoms with Crippen molar-refractivity contribution in [3.8, 4) is 0 Å². The molecule has 160 valence electrons. The number of nitrogens with one attached hydrogen (secondary N) is 2. The number of piperidine rings is 1. The lowest BCUT2D eigenvalue weighted by molar-refractivity contribution is -0.113. The number of hydrogen-bond donors (Lipinski definition) is 2. The third kappa shape index (κ3) is 4.77. The average molecular weight is 476 g/mol. The molecule has 0 bridgehead atoms. The van der Waals surface area contributed by atoms with Crippen molar-refractivity contribution in [3.63, 3.8) is 0 Å². The zero-order valence-electron chi connectivity index (χ0n) is 16.7. The number of hydrogen-bond acceptors (Lipinski definition) is 6. The van der Waals surface area contributed by atoms with E-state index in [0.717, 1.165) is 50.0 Å². The number of benzene rings is 1. The molecule has 2 saturated heterocycles. The Morgan fingerprint density at radius 2 is 2.07 bits per heavy atom. The highest BCUT2D eigenvalue weighted by Gasteiger charge is 2.27. The number of aldehydes is 1. The zero-order chi connectivity index (χ0) is 20.9. The Balaban J connectivity index is 1.64. The predicted octanol–water partition coefficient (Wildman–Crippen LogP) is 3.56. The topological polar surface area (TPSA) is 83.8 Å². The number of anilines is 2. The Labute approximate surface area is 184 Å². The molecular weight excluding hydrogens is 450 g/mol. The van der Waals surface area contributed by atoms with Crippen LogP contribution < -0.4 is 15.5 Å². The fraction of sp³-hybridized carbons (Fsp3) is 0.455. The molecule has 3 heterocycles. The maximum absolute atomic E-state index is 12.8. The van der Waals surface area contributed by atoms with Gasteiger partial charge in [0.15, 0.2) is 10.4 Å². The lowest BCUT2D eigenvalue weighted by atomic mass is 9.92. The lowest BCUT2D eigenvalue weighted by Gasteiger charge is -2.32. The summed E-state index contributed by atoms with van der Waals surface area (Å²) in [5.41, 5.74) is 2.47. The zero-order valence-corrected chi connectivity index (χ0v) is 18.3. The molecule has 0 radical (unpaired) electrons. The summed E-state index contributed by atoms with van der Waals surface area (Å²) in [6.07, 6.45) is 4.18. The summed E-state index contributed by atoms with van der Waals surface area (Å²) in [6, 6.07) is 9.18. The number of halogens is 1. The number of carbonyl (C=O) groups excluding carboxylic acids is 2. The van der Waals surface area contributed by atoms with E-state index in [9.17, 15) is 9.59 Å². The number of amides is 1. The summed E-state index contributed by atoms with van der Waals surface area (Å²) in [6.45, 7) is 3.88. The molecule has 2 unspecified atom stereocenters. The van der Waals surface area contributed by atoms with Crippen molar-refractivity contribution in [1.29, 1.82) is 0 Å². The van der Waals surface area contributed by atoms with E-state index < -0.39 is 5.92 Å². The minimum Gasteiger partial charge on any atom is -0.444 e. The van der Waals surface area contributed by atoms with Crippen molar-refractivity contribution in [3.05, 3.63) is 46.3 Å². The smallest absolute Gasteiger partial charge is 0.291 e. The van der Waals surface area contributed by atoms with Crippen molar-refractivity contribution in [2.75, 3.05) is 43.0 Å². The largest absolute Gasteiger partial charge is 0.444 e. The van der Waals surface area contributed by atoms with Crippen LogP contribution in [0, 0.1) is 0 Å². The van der Waals surface area contributed by atoms with Gasteiger partial charge in [-0.15, -0.1) is 0 Å². The van der Waals surface area contributed by atoms with Crippen molar-refractivity contribution >= 4 is 39.5 Å². The Morgan fingerprint density at radius 3 is 2.73 bits per heavy atom. The van der Waals surface area contributed by atoms with Crippen LogP contribution in [-0.4, -0.2) is 51.1 Å². The predicted molar refractivity (Wildman–Crippen MR) is 118 cm³/mol. The molecule has 1 aromatic carbocycles. The quantitative estimate of drug-likeness (QED) is 0.621. The Morgan fingerprint density at radius 1 is 1.23 bits per heavy atom. The third-order valence-electron chi connectivity index (χ3n) is 5.65. The van der Waals surface area contributed by atoms with E-state index in [0.29, 0.717) is 23.5 Å². The van der Waals surface area contributed by atoms with Gasteiger partial charge in [-0.2, -0.15) is 0 Å². The second-order valence-corrected chi connectivity index (χ2v) is 8.44. The van der Waals surface area contributed by atoms with Crippen LogP contribution in [0.3, 0.4) is 0 Å². The van der Waals surface area contributed by atoms with Crippen LogP contribution in [-0.2, 0) is 9.53 Å². The summed E-state index contributed by atoms with van der Waals surface area (Å²) >= 11 is 3.23. The van der Waals surface area contributed by atoms with Crippen LogP contribution in [0.15, 0.2) is 39.4 Å². The number of furan rings is 1. The first-order valence-corrected chi connectivity index (χ1v) is 11.2. The minimum atomic E-state index is -0.401. The summed E-state index contributed by atoms with van der Waals surface area (Å²) in [4.78, 5) is 27.0. The van der Waals surface area contributed by atoms with Gasteiger partial charge in [0.1, 0.15) is 6.29 Å². The molecule has 2 fully saturated rings.